The van der Waals surface area contributed by atoms with E-state index in [4.69, 9.17) is 21.1 Å². The summed E-state index contributed by atoms with van der Waals surface area (Å²) >= 11 is 6.16. The minimum atomic E-state index is -0.593. The van der Waals surface area contributed by atoms with Crippen LogP contribution >= 0.6 is 11.6 Å². The first kappa shape index (κ1) is 23.9. The molecule has 3 rings (SSSR count). The first-order valence-corrected chi connectivity index (χ1v) is 11.5. The predicted octanol–water partition coefficient (Wildman–Crippen LogP) is 4.59. The Bertz CT molecular complexity index is 914. The number of hydrogen-bond donors (Lipinski definition) is 1. The molecule has 0 unspecified atom stereocenters. The molecule has 32 heavy (non-hydrogen) atoms. The highest BCUT2D eigenvalue weighted by molar-refractivity contribution is 6.32. The van der Waals surface area contributed by atoms with Crippen LogP contribution in [0.25, 0.3) is 0 Å². The molecule has 1 aliphatic carbocycles. The minimum Gasteiger partial charge on any atom is -0.497 e. The van der Waals surface area contributed by atoms with E-state index < -0.39 is 6.04 Å². The third-order valence-electron chi connectivity index (χ3n) is 5.76. The molecule has 0 aromatic heterocycles. The zero-order valence-corrected chi connectivity index (χ0v) is 19.4. The molecule has 2 amide bonds. The van der Waals surface area contributed by atoms with Crippen molar-refractivity contribution in [1.29, 1.82) is 0 Å². The van der Waals surface area contributed by atoms with Crippen LogP contribution in [0.2, 0.25) is 5.02 Å². The van der Waals surface area contributed by atoms with Gasteiger partial charge in [-0.15, -0.1) is 0 Å². The molecule has 172 valence electrons. The van der Waals surface area contributed by atoms with Crippen LogP contribution in [0.3, 0.4) is 0 Å². The quantitative estimate of drug-likeness (QED) is 0.565. The van der Waals surface area contributed by atoms with Crippen LogP contribution in [-0.2, 0) is 16.1 Å². The summed E-state index contributed by atoms with van der Waals surface area (Å²) in [6.45, 7) is 1.99. The third kappa shape index (κ3) is 6.39. The average molecular weight is 459 g/mol. The van der Waals surface area contributed by atoms with Gasteiger partial charge in [-0.1, -0.05) is 55.6 Å². The maximum Gasteiger partial charge on any atom is 0.261 e. The topological polar surface area (TPSA) is 67.9 Å². The van der Waals surface area contributed by atoms with Gasteiger partial charge in [0, 0.05) is 12.6 Å². The molecule has 1 atom stereocenters. The second-order valence-corrected chi connectivity index (χ2v) is 8.41. The van der Waals surface area contributed by atoms with Crippen molar-refractivity contribution in [2.45, 2.75) is 57.7 Å². The number of hydrogen-bond acceptors (Lipinski definition) is 4. The van der Waals surface area contributed by atoms with Crippen LogP contribution in [0.1, 0.15) is 44.6 Å². The minimum absolute atomic E-state index is 0.117. The lowest BCUT2D eigenvalue weighted by Gasteiger charge is -2.31. The van der Waals surface area contributed by atoms with Crippen molar-refractivity contribution in [3.8, 4) is 11.5 Å². The summed E-state index contributed by atoms with van der Waals surface area (Å²) in [6.07, 6.45) is 4.73. The molecular weight excluding hydrogens is 428 g/mol. The Morgan fingerprint density at radius 1 is 1.16 bits per heavy atom. The van der Waals surface area contributed by atoms with Crippen LogP contribution in [0.5, 0.6) is 11.5 Å². The SMILES string of the molecule is CC[C@@H](C(=O)NC1CCCC1)N(Cc1cccc(OC)c1)C(=O)COc1ccccc1Cl. The number of amides is 2. The second-order valence-electron chi connectivity index (χ2n) is 8.01. The lowest BCUT2D eigenvalue weighted by molar-refractivity contribution is -0.143. The fourth-order valence-corrected chi connectivity index (χ4v) is 4.23. The molecule has 0 radical (unpaired) electrons. The number of ether oxygens (including phenoxy) is 2. The Morgan fingerprint density at radius 3 is 2.59 bits per heavy atom. The van der Waals surface area contributed by atoms with Gasteiger partial charge in [-0.3, -0.25) is 9.59 Å². The third-order valence-corrected chi connectivity index (χ3v) is 6.07. The van der Waals surface area contributed by atoms with Crippen LogP contribution in [0, 0.1) is 0 Å². The Balaban J connectivity index is 1.78. The van der Waals surface area contributed by atoms with Gasteiger partial charge in [0.25, 0.3) is 5.91 Å². The van der Waals surface area contributed by atoms with Crippen molar-refractivity contribution < 1.29 is 19.1 Å². The molecule has 1 N–H and O–H groups in total. The molecule has 0 heterocycles. The number of nitrogens with zero attached hydrogens (tertiary/aromatic N) is 1. The van der Waals surface area contributed by atoms with Gasteiger partial charge in [-0.05, 0) is 49.1 Å². The van der Waals surface area contributed by atoms with Gasteiger partial charge in [0.2, 0.25) is 5.91 Å². The largest absolute Gasteiger partial charge is 0.497 e. The lowest BCUT2D eigenvalue weighted by atomic mass is 10.1. The molecule has 1 saturated carbocycles. The van der Waals surface area contributed by atoms with Crippen LogP contribution in [0.15, 0.2) is 48.5 Å². The summed E-state index contributed by atoms with van der Waals surface area (Å²) in [5, 5.41) is 3.57. The maximum atomic E-state index is 13.3. The van der Waals surface area contributed by atoms with E-state index in [1.54, 1.807) is 36.3 Å². The van der Waals surface area contributed by atoms with E-state index in [1.807, 2.05) is 31.2 Å². The van der Waals surface area contributed by atoms with E-state index in [0.29, 0.717) is 22.9 Å². The predicted molar refractivity (Wildman–Crippen MR) is 125 cm³/mol. The normalized spacial score (nSPS) is 14.6. The van der Waals surface area contributed by atoms with Gasteiger partial charge in [0.05, 0.1) is 12.1 Å². The summed E-state index contributed by atoms with van der Waals surface area (Å²) in [5.41, 5.74) is 0.877. The molecule has 2 aromatic rings. The van der Waals surface area contributed by atoms with Crippen LogP contribution in [-0.4, -0.2) is 42.5 Å². The Labute approximate surface area is 194 Å². The number of benzene rings is 2. The van der Waals surface area contributed by atoms with Gasteiger partial charge in [0.15, 0.2) is 6.61 Å². The first-order chi connectivity index (χ1) is 15.5. The molecule has 0 aliphatic heterocycles. The van der Waals surface area contributed by atoms with Crippen LogP contribution in [0.4, 0.5) is 0 Å². The van der Waals surface area contributed by atoms with E-state index in [0.717, 1.165) is 31.2 Å². The molecule has 7 heteroatoms. The number of para-hydroxylation sites is 1. The van der Waals surface area contributed by atoms with Gasteiger partial charge in [-0.25, -0.2) is 0 Å². The van der Waals surface area contributed by atoms with E-state index in [2.05, 4.69) is 5.32 Å². The molecule has 0 spiro atoms. The van der Waals surface area contributed by atoms with Crippen molar-refractivity contribution in [2.24, 2.45) is 0 Å². The fraction of sp³-hybridized carbons (Fsp3) is 0.440. The highest BCUT2D eigenvalue weighted by Gasteiger charge is 2.31. The number of nitrogens with one attached hydrogen (secondary N) is 1. The Kier molecular flexibility index (Phi) is 8.80. The Morgan fingerprint density at radius 2 is 1.91 bits per heavy atom. The zero-order chi connectivity index (χ0) is 22.9. The first-order valence-electron chi connectivity index (χ1n) is 11.1. The molecule has 2 aromatic carbocycles. The van der Waals surface area contributed by atoms with Gasteiger partial charge >= 0.3 is 0 Å². The molecule has 0 saturated heterocycles. The van der Waals surface area contributed by atoms with E-state index in [-0.39, 0.29) is 31.0 Å². The standard InChI is InChI=1S/C25H31ClN2O4/c1-3-22(25(30)27-19-10-4-5-11-19)28(16-18-9-8-12-20(15-18)31-2)24(29)17-32-23-14-7-6-13-21(23)26/h6-9,12-15,19,22H,3-5,10-11,16-17H2,1-2H3,(H,27,30)/t22-/m0/s1. The van der Waals surface area contributed by atoms with Crippen molar-refractivity contribution >= 4 is 23.4 Å². The lowest BCUT2D eigenvalue weighted by Crippen LogP contribution is -2.52. The molecule has 1 aliphatic rings. The summed E-state index contributed by atoms with van der Waals surface area (Å²) in [5.74, 6) is 0.743. The van der Waals surface area contributed by atoms with E-state index in [9.17, 15) is 9.59 Å². The van der Waals surface area contributed by atoms with E-state index >= 15 is 0 Å². The van der Waals surface area contributed by atoms with Crippen molar-refractivity contribution in [3.63, 3.8) is 0 Å². The molecular formula is C25H31ClN2O4. The average Bonchev–Trinajstić information content (AvgIpc) is 3.31. The number of rotatable bonds is 10. The monoisotopic (exact) mass is 458 g/mol. The number of carbonyl (C=O) groups excluding carboxylic acids is 2. The number of carbonyl (C=O) groups is 2. The van der Waals surface area contributed by atoms with Crippen molar-refractivity contribution in [2.75, 3.05) is 13.7 Å². The van der Waals surface area contributed by atoms with Gasteiger partial charge in [-0.2, -0.15) is 0 Å². The highest BCUT2D eigenvalue weighted by atomic mass is 35.5. The summed E-state index contributed by atoms with van der Waals surface area (Å²) in [6, 6.07) is 14.1. The summed E-state index contributed by atoms with van der Waals surface area (Å²) < 4.78 is 11.0. The van der Waals surface area contributed by atoms with Crippen molar-refractivity contribution in [1.82, 2.24) is 10.2 Å². The summed E-state index contributed by atoms with van der Waals surface area (Å²) in [7, 11) is 1.60. The van der Waals surface area contributed by atoms with Gasteiger partial charge < -0.3 is 19.7 Å². The fourth-order valence-electron chi connectivity index (χ4n) is 4.04. The Hall–Kier alpha value is -2.73. The van der Waals surface area contributed by atoms with Crippen LogP contribution < -0.4 is 14.8 Å². The molecule has 0 bridgehead atoms. The maximum absolute atomic E-state index is 13.3. The molecule has 6 nitrogen and oxygen atoms in total. The van der Waals surface area contributed by atoms with Gasteiger partial charge in [0.1, 0.15) is 17.5 Å². The number of halogens is 1. The smallest absolute Gasteiger partial charge is 0.261 e. The zero-order valence-electron chi connectivity index (χ0n) is 18.7. The number of methoxy groups -OCH3 is 1. The van der Waals surface area contributed by atoms with E-state index in [1.165, 1.54) is 0 Å². The molecule has 1 fully saturated rings. The highest BCUT2D eigenvalue weighted by Crippen LogP contribution is 2.24. The summed E-state index contributed by atoms with van der Waals surface area (Å²) in [4.78, 5) is 28.0. The second kappa shape index (κ2) is 11.8. The van der Waals surface area contributed by atoms with Crippen molar-refractivity contribution in [3.05, 3.63) is 59.1 Å².